The quantitative estimate of drug-likeness (QED) is 0.651. The molecule has 3 aromatic rings. The van der Waals surface area contributed by atoms with Crippen LogP contribution in [0, 0.1) is 0 Å². The normalized spacial score (nSPS) is 16.0. The zero-order valence-electron chi connectivity index (χ0n) is 17.4. The third-order valence-corrected chi connectivity index (χ3v) is 5.79. The predicted molar refractivity (Wildman–Crippen MR) is 118 cm³/mol. The summed E-state index contributed by atoms with van der Waals surface area (Å²) >= 11 is 0. The molecule has 156 valence electrons. The van der Waals surface area contributed by atoms with E-state index in [1.165, 1.54) is 11.1 Å². The Labute approximate surface area is 178 Å². The Balaban J connectivity index is 1.37. The van der Waals surface area contributed by atoms with Gasteiger partial charge in [0.2, 0.25) is 5.91 Å². The lowest BCUT2D eigenvalue weighted by molar-refractivity contribution is -0.132. The number of carbonyl (C=O) groups excluding carboxylic acids is 1. The predicted octanol–water partition coefficient (Wildman–Crippen LogP) is 3.86. The van der Waals surface area contributed by atoms with Crippen LogP contribution in [0.15, 0.2) is 83.5 Å². The van der Waals surface area contributed by atoms with Gasteiger partial charge in [0, 0.05) is 26.2 Å². The summed E-state index contributed by atoms with van der Waals surface area (Å²) in [4.78, 5) is 17.1. The Morgan fingerprint density at radius 1 is 0.900 bits per heavy atom. The van der Waals surface area contributed by atoms with Crippen molar-refractivity contribution in [2.24, 2.45) is 0 Å². The van der Waals surface area contributed by atoms with Gasteiger partial charge in [-0.05, 0) is 30.2 Å². The minimum Gasteiger partial charge on any atom is -0.468 e. The van der Waals surface area contributed by atoms with E-state index < -0.39 is 0 Å². The molecule has 1 aromatic heterocycles. The zero-order chi connectivity index (χ0) is 20.8. The molecule has 2 aromatic carbocycles. The number of amides is 1. The highest BCUT2D eigenvalue weighted by Gasteiger charge is 2.28. The van der Waals surface area contributed by atoms with Crippen LogP contribution in [0.3, 0.4) is 0 Å². The summed E-state index contributed by atoms with van der Waals surface area (Å²) < 4.78 is 5.40. The van der Waals surface area contributed by atoms with Crippen molar-refractivity contribution in [1.82, 2.24) is 15.1 Å². The van der Waals surface area contributed by atoms with E-state index in [9.17, 15) is 4.79 Å². The molecule has 5 heteroatoms. The van der Waals surface area contributed by atoms with Crippen LogP contribution in [0.1, 0.15) is 35.9 Å². The lowest BCUT2D eigenvalue weighted by Gasteiger charge is -2.40. The molecule has 5 nitrogen and oxygen atoms in total. The molecule has 0 aliphatic carbocycles. The standard InChI is InChI=1S/C25H29N3O2/c1-20(23-13-8-18-30-23)26-19-24(29)27-14-16-28(17-15-27)25(21-9-4-2-5-10-21)22-11-6-3-7-12-22/h2-13,18,20,25-26H,14-17,19H2,1H3. The first-order valence-electron chi connectivity index (χ1n) is 10.6. The molecule has 30 heavy (non-hydrogen) atoms. The van der Waals surface area contributed by atoms with Crippen molar-refractivity contribution in [3.05, 3.63) is 95.9 Å². The van der Waals surface area contributed by atoms with Crippen molar-refractivity contribution in [1.29, 1.82) is 0 Å². The third kappa shape index (κ3) is 4.81. The van der Waals surface area contributed by atoms with Gasteiger partial charge in [-0.3, -0.25) is 15.0 Å². The number of nitrogens with one attached hydrogen (secondary N) is 1. The zero-order valence-corrected chi connectivity index (χ0v) is 17.4. The summed E-state index contributed by atoms with van der Waals surface area (Å²) in [6, 6.07) is 25.3. The van der Waals surface area contributed by atoms with E-state index in [-0.39, 0.29) is 18.0 Å². The number of hydrogen-bond donors (Lipinski definition) is 1. The maximum Gasteiger partial charge on any atom is 0.236 e. The highest BCUT2D eigenvalue weighted by molar-refractivity contribution is 5.78. The SMILES string of the molecule is CC(NCC(=O)N1CCN(C(c2ccccc2)c2ccccc2)CC1)c1ccco1. The smallest absolute Gasteiger partial charge is 0.236 e. The van der Waals surface area contributed by atoms with E-state index in [4.69, 9.17) is 4.42 Å². The van der Waals surface area contributed by atoms with Gasteiger partial charge in [0.15, 0.2) is 0 Å². The summed E-state index contributed by atoms with van der Waals surface area (Å²) in [5.74, 6) is 0.991. The van der Waals surface area contributed by atoms with E-state index in [0.29, 0.717) is 6.54 Å². The number of rotatable bonds is 7. The van der Waals surface area contributed by atoms with Gasteiger partial charge in [0.05, 0.1) is 24.9 Å². The maximum atomic E-state index is 12.7. The average molecular weight is 404 g/mol. The Morgan fingerprint density at radius 2 is 1.50 bits per heavy atom. The fourth-order valence-corrected chi connectivity index (χ4v) is 4.10. The molecule has 1 aliphatic rings. The number of hydrogen-bond acceptors (Lipinski definition) is 4. The van der Waals surface area contributed by atoms with Gasteiger partial charge in [-0.2, -0.15) is 0 Å². The van der Waals surface area contributed by atoms with E-state index in [1.54, 1.807) is 6.26 Å². The fourth-order valence-electron chi connectivity index (χ4n) is 4.10. The van der Waals surface area contributed by atoms with Gasteiger partial charge >= 0.3 is 0 Å². The van der Waals surface area contributed by atoms with E-state index >= 15 is 0 Å². The van der Waals surface area contributed by atoms with Gasteiger partial charge in [-0.15, -0.1) is 0 Å². The molecule has 2 heterocycles. The number of carbonyl (C=O) groups is 1. The molecular weight excluding hydrogens is 374 g/mol. The second-order valence-corrected chi connectivity index (χ2v) is 7.76. The van der Waals surface area contributed by atoms with E-state index in [2.05, 4.69) is 70.9 Å². The van der Waals surface area contributed by atoms with Crippen molar-refractivity contribution >= 4 is 5.91 Å². The van der Waals surface area contributed by atoms with Crippen LogP contribution in [-0.4, -0.2) is 48.4 Å². The lowest BCUT2D eigenvalue weighted by Crippen LogP contribution is -2.51. The molecule has 0 bridgehead atoms. The first-order valence-corrected chi connectivity index (χ1v) is 10.6. The van der Waals surface area contributed by atoms with Crippen LogP contribution in [0.2, 0.25) is 0 Å². The Morgan fingerprint density at radius 3 is 2.03 bits per heavy atom. The van der Waals surface area contributed by atoms with Crippen LogP contribution in [0.5, 0.6) is 0 Å². The molecule has 1 atom stereocenters. The van der Waals surface area contributed by atoms with Crippen LogP contribution in [-0.2, 0) is 4.79 Å². The van der Waals surface area contributed by atoms with Crippen molar-refractivity contribution in [3.63, 3.8) is 0 Å². The maximum absolute atomic E-state index is 12.7. The summed E-state index contributed by atoms with van der Waals surface area (Å²) in [5.41, 5.74) is 2.58. The first kappa shape index (κ1) is 20.4. The van der Waals surface area contributed by atoms with Crippen molar-refractivity contribution in [2.45, 2.75) is 19.0 Å². The summed E-state index contributed by atoms with van der Waals surface area (Å²) in [5, 5.41) is 3.27. The van der Waals surface area contributed by atoms with Crippen molar-refractivity contribution < 1.29 is 9.21 Å². The van der Waals surface area contributed by atoms with E-state index in [0.717, 1.165) is 31.9 Å². The molecule has 0 saturated carbocycles. The first-order chi connectivity index (χ1) is 14.7. The Bertz CT molecular complexity index is 865. The number of nitrogens with zero attached hydrogens (tertiary/aromatic N) is 2. The third-order valence-electron chi connectivity index (χ3n) is 5.79. The molecule has 0 spiro atoms. The summed E-state index contributed by atoms with van der Waals surface area (Å²) in [6.45, 7) is 5.52. The Kier molecular flexibility index (Phi) is 6.62. The van der Waals surface area contributed by atoms with Crippen molar-refractivity contribution in [3.8, 4) is 0 Å². The van der Waals surface area contributed by atoms with Gasteiger partial charge in [0.1, 0.15) is 5.76 Å². The number of furan rings is 1. The lowest BCUT2D eigenvalue weighted by atomic mass is 9.96. The largest absolute Gasteiger partial charge is 0.468 e. The summed E-state index contributed by atoms with van der Waals surface area (Å²) in [7, 11) is 0. The second kappa shape index (κ2) is 9.74. The highest BCUT2D eigenvalue weighted by Crippen LogP contribution is 2.29. The molecule has 1 aliphatic heterocycles. The minimum atomic E-state index is 0.0192. The monoisotopic (exact) mass is 403 g/mol. The van der Waals surface area contributed by atoms with Gasteiger partial charge in [-0.25, -0.2) is 0 Å². The molecule has 0 radical (unpaired) electrons. The van der Waals surface area contributed by atoms with Gasteiger partial charge in [0.25, 0.3) is 0 Å². The molecule has 4 rings (SSSR count). The molecule has 1 amide bonds. The van der Waals surface area contributed by atoms with Crippen LogP contribution >= 0.6 is 0 Å². The topological polar surface area (TPSA) is 48.7 Å². The number of benzene rings is 2. The molecule has 1 N–H and O–H groups in total. The molecule has 1 saturated heterocycles. The Hall–Kier alpha value is -2.89. The minimum absolute atomic E-state index is 0.0192. The second-order valence-electron chi connectivity index (χ2n) is 7.76. The molecular formula is C25H29N3O2. The van der Waals surface area contributed by atoms with Gasteiger partial charge in [-0.1, -0.05) is 60.7 Å². The molecule has 1 fully saturated rings. The van der Waals surface area contributed by atoms with Crippen LogP contribution in [0.4, 0.5) is 0 Å². The van der Waals surface area contributed by atoms with Crippen LogP contribution in [0.25, 0.3) is 0 Å². The molecule has 1 unspecified atom stereocenters. The number of piperazine rings is 1. The van der Waals surface area contributed by atoms with Gasteiger partial charge < -0.3 is 9.32 Å². The fraction of sp³-hybridized carbons (Fsp3) is 0.320. The summed E-state index contributed by atoms with van der Waals surface area (Å²) in [6.07, 6.45) is 1.66. The van der Waals surface area contributed by atoms with Crippen molar-refractivity contribution in [2.75, 3.05) is 32.7 Å². The average Bonchev–Trinajstić information content (AvgIpc) is 3.35. The van der Waals surface area contributed by atoms with Crippen LogP contribution < -0.4 is 5.32 Å². The van der Waals surface area contributed by atoms with E-state index in [1.807, 2.05) is 24.0 Å². The highest BCUT2D eigenvalue weighted by atomic mass is 16.3.